The van der Waals surface area contributed by atoms with Crippen LogP contribution in [0, 0.1) is 0 Å². The summed E-state index contributed by atoms with van der Waals surface area (Å²) in [5, 5.41) is 3.40. The smallest absolute Gasteiger partial charge is 0.122 e. The van der Waals surface area contributed by atoms with Gasteiger partial charge in [-0.2, -0.15) is 0 Å². The minimum absolute atomic E-state index is 0.799. The molecular formula is C13H16BrN3. The Bertz CT molecular complexity index is 479. The van der Waals surface area contributed by atoms with Crippen LogP contribution in [0.4, 0.5) is 0 Å². The van der Waals surface area contributed by atoms with Crippen LogP contribution in [-0.4, -0.2) is 9.55 Å². The van der Waals surface area contributed by atoms with E-state index in [4.69, 9.17) is 0 Å². The zero-order valence-corrected chi connectivity index (χ0v) is 11.4. The molecule has 0 bridgehead atoms. The fourth-order valence-corrected chi connectivity index (χ4v) is 2.21. The Labute approximate surface area is 110 Å². The maximum absolute atomic E-state index is 4.33. The fraction of sp³-hybridized carbons (Fsp3) is 0.308. The van der Waals surface area contributed by atoms with Crippen LogP contribution in [0.25, 0.3) is 0 Å². The number of rotatable bonds is 5. The first-order valence-corrected chi connectivity index (χ1v) is 6.54. The van der Waals surface area contributed by atoms with Crippen molar-refractivity contribution in [3.05, 3.63) is 52.5 Å². The number of benzene rings is 1. The summed E-state index contributed by atoms with van der Waals surface area (Å²) in [4.78, 5) is 4.33. The van der Waals surface area contributed by atoms with E-state index in [-0.39, 0.29) is 0 Å². The summed E-state index contributed by atoms with van der Waals surface area (Å²) in [7, 11) is 0. The highest BCUT2D eigenvalue weighted by molar-refractivity contribution is 9.10. The number of imidazole rings is 1. The van der Waals surface area contributed by atoms with E-state index in [2.05, 4.69) is 49.9 Å². The minimum atomic E-state index is 0.799. The molecule has 3 nitrogen and oxygen atoms in total. The molecule has 0 unspecified atom stereocenters. The number of aromatic nitrogens is 2. The molecule has 17 heavy (non-hydrogen) atoms. The SMILES string of the molecule is CCn1ccnc1CNCc1cccc(Br)c1. The third kappa shape index (κ3) is 3.41. The molecule has 0 aliphatic heterocycles. The summed E-state index contributed by atoms with van der Waals surface area (Å²) < 4.78 is 3.26. The summed E-state index contributed by atoms with van der Waals surface area (Å²) >= 11 is 3.47. The summed E-state index contributed by atoms with van der Waals surface area (Å²) in [6.45, 7) is 4.75. The Morgan fingerprint density at radius 3 is 3.00 bits per heavy atom. The van der Waals surface area contributed by atoms with E-state index in [1.165, 1.54) is 5.56 Å². The lowest BCUT2D eigenvalue weighted by molar-refractivity contribution is 0.613. The largest absolute Gasteiger partial charge is 0.334 e. The van der Waals surface area contributed by atoms with Gasteiger partial charge >= 0.3 is 0 Å². The number of hydrogen-bond donors (Lipinski definition) is 1. The molecule has 0 aliphatic carbocycles. The first kappa shape index (κ1) is 12.3. The molecule has 2 rings (SSSR count). The van der Waals surface area contributed by atoms with Crippen molar-refractivity contribution in [1.29, 1.82) is 0 Å². The molecule has 0 amide bonds. The second-order valence-corrected chi connectivity index (χ2v) is 4.78. The van der Waals surface area contributed by atoms with Crippen LogP contribution < -0.4 is 5.32 Å². The van der Waals surface area contributed by atoms with Gasteiger partial charge in [0.15, 0.2) is 0 Å². The van der Waals surface area contributed by atoms with E-state index in [9.17, 15) is 0 Å². The summed E-state index contributed by atoms with van der Waals surface area (Å²) in [5.41, 5.74) is 1.27. The fourth-order valence-electron chi connectivity index (χ4n) is 1.76. The lowest BCUT2D eigenvalue weighted by Crippen LogP contribution is -2.16. The van der Waals surface area contributed by atoms with Gasteiger partial charge in [-0.25, -0.2) is 4.98 Å². The highest BCUT2D eigenvalue weighted by Crippen LogP contribution is 2.11. The number of hydrogen-bond acceptors (Lipinski definition) is 2. The van der Waals surface area contributed by atoms with Gasteiger partial charge < -0.3 is 9.88 Å². The standard InChI is InChI=1S/C13H16BrN3/c1-2-17-7-6-16-13(17)10-15-9-11-4-3-5-12(14)8-11/h3-8,15H,2,9-10H2,1H3. The second-order valence-electron chi connectivity index (χ2n) is 3.86. The molecule has 0 aliphatic rings. The maximum atomic E-state index is 4.33. The van der Waals surface area contributed by atoms with Crippen LogP contribution in [0.2, 0.25) is 0 Å². The molecule has 0 saturated heterocycles. The summed E-state index contributed by atoms with van der Waals surface area (Å²) in [5.74, 6) is 1.09. The summed E-state index contributed by atoms with van der Waals surface area (Å²) in [6, 6.07) is 8.32. The molecule has 0 spiro atoms. The van der Waals surface area contributed by atoms with Gasteiger partial charge in [-0.05, 0) is 24.6 Å². The van der Waals surface area contributed by atoms with Crippen LogP contribution >= 0.6 is 15.9 Å². The topological polar surface area (TPSA) is 29.9 Å². The van der Waals surface area contributed by atoms with E-state index in [1.807, 2.05) is 24.5 Å². The van der Waals surface area contributed by atoms with E-state index < -0.39 is 0 Å². The van der Waals surface area contributed by atoms with Crippen molar-refractivity contribution in [3.63, 3.8) is 0 Å². The zero-order chi connectivity index (χ0) is 12.1. The van der Waals surface area contributed by atoms with Crippen molar-refractivity contribution in [2.45, 2.75) is 26.6 Å². The van der Waals surface area contributed by atoms with E-state index >= 15 is 0 Å². The monoisotopic (exact) mass is 293 g/mol. The van der Waals surface area contributed by atoms with Gasteiger partial charge in [-0.15, -0.1) is 0 Å². The predicted molar refractivity (Wildman–Crippen MR) is 72.6 cm³/mol. The quantitative estimate of drug-likeness (QED) is 0.919. The molecule has 4 heteroatoms. The number of halogens is 1. The normalized spacial score (nSPS) is 10.7. The molecule has 90 valence electrons. The van der Waals surface area contributed by atoms with Crippen molar-refractivity contribution in [3.8, 4) is 0 Å². The van der Waals surface area contributed by atoms with Crippen molar-refractivity contribution in [2.24, 2.45) is 0 Å². The van der Waals surface area contributed by atoms with E-state index in [0.717, 1.165) is 29.9 Å². The Morgan fingerprint density at radius 1 is 1.35 bits per heavy atom. The first-order chi connectivity index (χ1) is 8.29. The van der Waals surface area contributed by atoms with Crippen molar-refractivity contribution >= 4 is 15.9 Å². The molecule has 0 fully saturated rings. The van der Waals surface area contributed by atoms with Gasteiger partial charge in [0.05, 0.1) is 6.54 Å². The highest BCUT2D eigenvalue weighted by Gasteiger charge is 2.00. The number of nitrogens with zero attached hydrogens (tertiary/aromatic N) is 2. The van der Waals surface area contributed by atoms with Crippen molar-refractivity contribution in [1.82, 2.24) is 14.9 Å². The first-order valence-electron chi connectivity index (χ1n) is 5.74. The molecular weight excluding hydrogens is 278 g/mol. The van der Waals surface area contributed by atoms with Gasteiger partial charge in [-0.1, -0.05) is 28.1 Å². The molecule has 0 saturated carbocycles. The molecule has 2 aromatic rings. The second kappa shape index (κ2) is 5.98. The van der Waals surface area contributed by atoms with Gasteiger partial charge in [0, 0.05) is 30.0 Å². The van der Waals surface area contributed by atoms with Crippen LogP contribution in [0.15, 0.2) is 41.1 Å². The van der Waals surface area contributed by atoms with Gasteiger partial charge in [-0.3, -0.25) is 0 Å². The van der Waals surface area contributed by atoms with Gasteiger partial charge in [0.25, 0.3) is 0 Å². The van der Waals surface area contributed by atoms with Crippen LogP contribution in [-0.2, 0) is 19.6 Å². The third-order valence-corrected chi connectivity index (χ3v) is 3.14. The van der Waals surface area contributed by atoms with E-state index in [1.54, 1.807) is 0 Å². The average Bonchev–Trinajstić information content (AvgIpc) is 2.77. The molecule has 0 atom stereocenters. The van der Waals surface area contributed by atoms with Crippen LogP contribution in [0.1, 0.15) is 18.3 Å². The third-order valence-electron chi connectivity index (χ3n) is 2.64. The predicted octanol–water partition coefficient (Wildman–Crippen LogP) is 2.96. The molecule has 1 aromatic heterocycles. The molecule has 1 aromatic carbocycles. The Morgan fingerprint density at radius 2 is 2.24 bits per heavy atom. The highest BCUT2D eigenvalue weighted by atomic mass is 79.9. The number of nitrogens with one attached hydrogen (secondary N) is 1. The van der Waals surface area contributed by atoms with Crippen molar-refractivity contribution < 1.29 is 0 Å². The van der Waals surface area contributed by atoms with Crippen LogP contribution in [0.3, 0.4) is 0 Å². The van der Waals surface area contributed by atoms with E-state index in [0.29, 0.717) is 0 Å². The average molecular weight is 294 g/mol. The number of aryl methyl sites for hydroxylation is 1. The van der Waals surface area contributed by atoms with Gasteiger partial charge in [0.1, 0.15) is 5.82 Å². The Hall–Kier alpha value is -1.13. The molecule has 1 N–H and O–H groups in total. The molecule has 0 radical (unpaired) electrons. The Balaban J connectivity index is 1.87. The maximum Gasteiger partial charge on any atom is 0.122 e. The lowest BCUT2D eigenvalue weighted by atomic mass is 10.2. The zero-order valence-electron chi connectivity index (χ0n) is 9.86. The van der Waals surface area contributed by atoms with Gasteiger partial charge in [0.2, 0.25) is 0 Å². The van der Waals surface area contributed by atoms with Crippen molar-refractivity contribution in [2.75, 3.05) is 0 Å². The summed E-state index contributed by atoms with van der Waals surface area (Å²) in [6.07, 6.45) is 3.86. The Kier molecular flexibility index (Phi) is 4.34. The minimum Gasteiger partial charge on any atom is -0.334 e. The lowest BCUT2D eigenvalue weighted by Gasteiger charge is -2.07. The molecule has 1 heterocycles. The van der Waals surface area contributed by atoms with Crippen LogP contribution in [0.5, 0.6) is 0 Å².